The van der Waals surface area contributed by atoms with E-state index in [0.29, 0.717) is 12.0 Å². The first-order chi connectivity index (χ1) is 13.2. The molecule has 1 amide bonds. The second-order valence-corrected chi connectivity index (χ2v) is 7.80. The van der Waals surface area contributed by atoms with Crippen molar-refractivity contribution < 1.29 is 13.9 Å². The molecule has 1 spiro atoms. The highest BCUT2D eigenvalue weighted by molar-refractivity contribution is 5.77. The number of amides is 1. The average Bonchev–Trinajstić information content (AvgIpc) is 2.68. The van der Waals surface area contributed by atoms with Gasteiger partial charge in [0.1, 0.15) is 17.2 Å². The van der Waals surface area contributed by atoms with Crippen molar-refractivity contribution in [2.75, 3.05) is 0 Å². The Morgan fingerprint density at radius 1 is 1.07 bits per heavy atom. The van der Waals surface area contributed by atoms with Crippen molar-refractivity contribution in [3.05, 3.63) is 65.5 Å². The number of para-hydroxylation sites is 1. The van der Waals surface area contributed by atoms with Crippen LogP contribution in [-0.2, 0) is 11.2 Å². The summed E-state index contributed by atoms with van der Waals surface area (Å²) in [6.07, 6.45) is 7.21. The quantitative estimate of drug-likeness (QED) is 0.816. The van der Waals surface area contributed by atoms with E-state index >= 15 is 0 Å². The molecule has 0 bridgehead atoms. The first-order valence-electron chi connectivity index (χ1n) is 9.96. The number of nitrogens with one attached hydrogen (secondary N) is 1. The van der Waals surface area contributed by atoms with Gasteiger partial charge in [-0.1, -0.05) is 42.8 Å². The summed E-state index contributed by atoms with van der Waals surface area (Å²) >= 11 is 0. The zero-order chi connectivity index (χ0) is 18.7. The van der Waals surface area contributed by atoms with Gasteiger partial charge in [-0.2, -0.15) is 0 Å². The van der Waals surface area contributed by atoms with E-state index in [9.17, 15) is 9.18 Å². The fourth-order valence-corrected chi connectivity index (χ4v) is 4.47. The fraction of sp³-hybridized carbons (Fsp3) is 0.435. The summed E-state index contributed by atoms with van der Waals surface area (Å²) in [7, 11) is 0. The maximum atomic E-state index is 13.8. The zero-order valence-electron chi connectivity index (χ0n) is 15.5. The Morgan fingerprint density at radius 2 is 1.81 bits per heavy atom. The Balaban J connectivity index is 1.46. The van der Waals surface area contributed by atoms with Gasteiger partial charge in [0.25, 0.3) is 0 Å². The molecule has 4 heteroatoms. The van der Waals surface area contributed by atoms with Gasteiger partial charge in [-0.05, 0) is 49.8 Å². The summed E-state index contributed by atoms with van der Waals surface area (Å²) in [5, 5.41) is 3.19. The molecule has 1 N–H and O–H groups in total. The molecule has 2 aliphatic rings. The van der Waals surface area contributed by atoms with E-state index in [1.165, 1.54) is 25.3 Å². The van der Waals surface area contributed by atoms with E-state index in [4.69, 9.17) is 4.74 Å². The molecule has 3 nitrogen and oxygen atoms in total. The van der Waals surface area contributed by atoms with Gasteiger partial charge in [-0.3, -0.25) is 4.79 Å². The SMILES string of the molecule is O=C(CCc1ccccc1F)N[C@H]1CC2(CCCCC2)Oc2ccccc21. The zero-order valence-corrected chi connectivity index (χ0v) is 15.5. The minimum atomic E-state index is -0.247. The lowest BCUT2D eigenvalue weighted by atomic mass is 9.77. The van der Waals surface area contributed by atoms with Crippen molar-refractivity contribution in [1.82, 2.24) is 5.32 Å². The van der Waals surface area contributed by atoms with Crippen LogP contribution in [0.5, 0.6) is 5.75 Å². The van der Waals surface area contributed by atoms with Crippen molar-refractivity contribution in [3.63, 3.8) is 0 Å². The van der Waals surface area contributed by atoms with E-state index in [1.54, 1.807) is 18.2 Å². The van der Waals surface area contributed by atoms with Crippen molar-refractivity contribution >= 4 is 5.91 Å². The Labute approximate surface area is 159 Å². The monoisotopic (exact) mass is 367 g/mol. The molecule has 1 heterocycles. The van der Waals surface area contributed by atoms with Crippen LogP contribution in [0.2, 0.25) is 0 Å². The van der Waals surface area contributed by atoms with Crippen molar-refractivity contribution in [2.45, 2.75) is 63.0 Å². The first kappa shape index (κ1) is 18.0. The second-order valence-electron chi connectivity index (χ2n) is 7.80. The Kier molecular flexibility index (Phi) is 5.15. The lowest BCUT2D eigenvalue weighted by Gasteiger charge is -2.44. The second kappa shape index (κ2) is 7.71. The number of ether oxygens (including phenoxy) is 1. The topological polar surface area (TPSA) is 38.3 Å². The predicted octanol–water partition coefficient (Wildman–Crippen LogP) is 5.10. The van der Waals surface area contributed by atoms with Crippen LogP contribution < -0.4 is 10.1 Å². The van der Waals surface area contributed by atoms with Gasteiger partial charge in [0.05, 0.1) is 6.04 Å². The fourth-order valence-electron chi connectivity index (χ4n) is 4.47. The minimum absolute atomic E-state index is 0.0362. The number of aryl methyl sites for hydroxylation is 1. The maximum absolute atomic E-state index is 13.8. The van der Waals surface area contributed by atoms with Crippen LogP contribution in [0.25, 0.3) is 0 Å². The van der Waals surface area contributed by atoms with Gasteiger partial charge >= 0.3 is 0 Å². The van der Waals surface area contributed by atoms with Crippen LogP contribution in [0.15, 0.2) is 48.5 Å². The van der Waals surface area contributed by atoms with E-state index < -0.39 is 0 Å². The molecule has 2 aromatic rings. The van der Waals surface area contributed by atoms with Gasteiger partial charge in [0.15, 0.2) is 0 Å². The number of carbonyl (C=O) groups excluding carboxylic acids is 1. The van der Waals surface area contributed by atoms with Crippen LogP contribution in [-0.4, -0.2) is 11.5 Å². The van der Waals surface area contributed by atoms with Crippen LogP contribution in [0.4, 0.5) is 4.39 Å². The summed E-state index contributed by atoms with van der Waals surface area (Å²) in [4.78, 5) is 12.6. The van der Waals surface area contributed by atoms with Crippen LogP contribution in [0.3, 0.4) is 0 Å². The third-order valence-corrected chi connectivity index (χ3v) is 5.88. The molecule has 1 atom stereocenters. The van der Waals surface area contributed by atoms with Crippen molar-refractivity contribution in [1.29, 1.82) is 0 Å². The standard InChI is InChI=1S/C23H26FNO2/c24-19-10-4-2-8-17(19)12-13-22(26)25-20-16-23(14-6-1-7-15-23)27-21-11-5-3-9-18(20)21/h2-5,8-11,20H,1,6-7,12-16H2,(H,25,26)/t20-/m0/s1. The summed E-state index contributed by atoms with van der Waals surface area (Å²) in [5.74, 6) is 0.610. The summed E-state index contributed by atoms with van der Waals surface area (Å²) in [6.45, 7) is 0. The Morgan fingerprint density at radius 3 is 2.63 bits per heavy atom. The van der Waals surface area contributed by atoms with Gasteiger partial charge < -0.3 is 10.1 Å². The van der Waals surface area contributed by atoms with Crippen LogP contribution in [0, 0.1) is 5.82 Å². The number of fused-ring (bicyclic) bond motifs is 1. The highest BCUT2D eigenvalue weighted by Gasteiger charge is 2.42. The first-order valence-corrected chi connectivity index (χ1v) is 9.96. The number of benzene rings is 2. The molecular weight excluding hydrogens is 341 g/mol. The van der Waals surface area contributed by atoms with E-state index in [0.717, 1.165) is 30.6 Å². The molecule has 1 fully saturated rings. The van der Waals surface area contributed by atoms with Crippen LogP contribution in [0.1, 0.15) is 62.1 Å². The maximum Gasteiger partial charge on any atom is 0.220 e. The number of hydrogen-bond acceptors (Lipinski definition) is 2. The third kappa shape index (κ3) is 4.00. The van der Waals surface area contributed by atoms with Gasteiger partial charge in [-0.15, -0.1) is 0 Å². The normalized spacial score (nSPS) is 20.6. The highest BCUT2D eigenvalue weighted by Crippen LogP contribution is 2.46. The molecular formula is C23H26FNO2. The third-order valence-electron chi connectivity index (χ3n) is 5.88. The molecule has 4 rings (SSSR count). The number of carbonyl (C=O) groups is 1. The number of rotatable bonds is 4. The van der Waals surface area contributed by atoms with E-state index in [-0.39, 0.29) is 29.8 Å². The van der Waals surface area contributed by atoms with E-state index in [1.807, 2.05) is 24.3 Å². The average molecular weight is 367 g/mol. The van der Waals surface area contributed by atoms with Crippen LogP contribution >= 0.6 is 0 Å². The molecule has 142 valence electrons. The largest absolute Gasteiger partial charge is 0.487 e. The lowest BCUT2D eigenvalue weighted by molar-refractivity contribution is -0.122. The van der Waals surface area contributed by atoms with Crippen molar-refractivity contribution in [2.24, 2.45) is 0 Å². The molecule has 1 aliphatic heterocycles. The van der Waals surface area contributed by atoms with Gasteiger partial charge in [-0.25, -0.2) is 4.39 Å². The summed E-state index contributed by atoms with van der Waals surface area (Å²) in [5.41, 5.74) is 1.48. The molecule has 1 saturated carbocycles. The summed E-state index contributed by atoms with van der Waals surface area (Å²) < 4.78 is 20.2. The molecule has 1 aliphatic carbocycles. The Bertz CT molecular complexity index is 814. The number of halogens is 1. The molecule has 0 saturated heterocycles. The highest BCUT2D eigenvalue weighted by atomic mass is 19.1. The predicted molar refractivity (Wildman–Crippen MR) is 103 cm³/mol. The number of hydrogen-bond donors (Lipinski definition) is 1. The molecule has 0 unspecified atom stereocenters. The van der Waals surface area contributed by atoms with Gasteiger partial charge in [0.2, 0.25) is 5.91 Å². The minimum Gasteiger partial charge on any atom is -0.487 e. The van der Waals surface area contributed by atoms with Gasteiger partial charge in [0, 0.05) is 18.4 Å². The van der Waals surface area contributed by atoms with Crippen molar-refractivity contribution in [3.8, 4) is 5.75 Å². The molecule has 27 heavy (non-hydrogen) atoms. The molecule has 2 aromatic carbocycles. The Hall–Kier alpha value is -2.36. The molecule has 0 aromatic heterocycles. The lowest BCUT2D eigenvalue weighted by Crippen LogP contribution is -2.46. The summed E-state index contributed by atoms with van der Waals surface area (Å²) in [6, 6.07) is 14.6. The smallest absolute Gasteiger partial charge is 0.220 e. The molecule has 0 radical (unpaired) electrons. The van der Waals surface area contributed by atoms with E-state index in [2.05, 4.69) is 5.32 Å².